The number of ketones is 1. The van der Waals surface area contributed by atoms with E-state index in [1.807, 2.05) is 7.05 Å². The third-order valence-corrected chi connectivity index (χ3v) is 3.68. The highest BCUT2D eigenvalue weighted by molar-refractivity contribution is 5.96. The van der Waals surface area contributed by atoms with Crippen LogP contribution in [0.15, 0.2) is 24.3 Å². The fourth-order valence-corrected chi connectivity index (χ4v) is 2.41. The first-order chi connectivity index (χ1) is 9.18. The monoisotopic (exact) mass is 265 g/mol. The van der Waals surface area contributed by atoms with Gasteiger partial charge in [0.05, 0.1) is 5.56 Å². The van der Waals surface area contributed by atoms with E-state index in [1.54, 1.807) is 18.2 Å². The van der Waals surface area contributed by atoms with Gasteiger partial charge >= 0.3 is 0 Å². The number of Topliss-reactive ketones (excluding diaryl/α,β-unsaturated/α-hetero) is 1. The second-order valence-corrected chi connectivity index (χ2v) is 4.98. The molecule has 0 saturated carbocycles. The van der Waals surface area contributed by atoms with Gasteiger partial charge in [-0.1, -0.05) is 12.1 Å². The van der Waals surface area contributed by atoms with Crippen LogP contribution in [0.1, 0.15) is 29.6 Å². The summed E-state index contributed by atoms with van der Waals surface area (Å²) in [5, 5.41) is 0. The number of nitrogens with zero attached hydrogens (tertiary/aromatic N) is 1. The third-order valence-electron chi connectivity index (χ3n) is 3.68. The third kappa shape index (κ3) is 3.85. The van der Waals surface area contributed by atoms with E-state index in [2.05, 4.69) is 4.90 Å². The summed E-state index contributed by atoms with van der Waals surface area (Å²) in [7, 11) is 2.02. The van der Waals surface area contributed by atoms with E-state index in [9.17, 15) is 9.18 Å². The molecule has 2 rings (SSSR count). The normalized spacial score (nSPS) is 16.8. The predicted octanol–water partition coefficient (Wildman–Crippen LogP) is 2.51. The Hall–Kier alpha value is -1.26. The second-order valence-electron chi connectivity index (χ2n) is 4.98. The molecule has 0 radical (unpaired) electrons. The van der Waals surface area contributed by atoms with Gasteiger partial charge in [-0.15, -0.1) is 0 Å². The van der Waals surface area contributed by atoms with Crippen molar-refractivity contribution in [2.24, 2.45) is 0 Å². The van der Waals surface area contributed by atoms with Crippen molar-refractivity contribution in [1.29, 1.82) is 0 Å². The highest BCUT2D eigenvalue weighted by atomic mass is 19.1. The van der Waals surface area contributed by atoms with E-state index in [0.717, 1.165) is 26.1 Å². The summed E-state index contributed by atoms with van der Waals surface area (Å²) in [6.07, 6.45) is 2.36. The zero-order valence-electron chi connectivity index (χ0n) is 11.3. The van der Waals surface area contributed by atoms with Crippen molar-refractivity contribution < 1.29 is 13.9 Å². The molecule has 1 saturated heterocycles. The van der Waals surface area contributed by atoms with Crippen molar-refractivity contribution >= 4 is 5.78 Å². The Labute approximate surface area is 113 Å². The first kappa shape index (κ1) is 14.2. The molecule has 104 valence electrons. The predicted molar refractivity (Wildman–Crippen MR) is 71.8 cm³/mol. The average Bonchev–Trinajstić information content (AvgIpc) is 2.46. The number of rotatable bonds is 5. The number of halogens is 1. The van der Waals surface area contributed by atoms with Gasteiger partial charge in [-0.2, -0.15) is 0 Å². The molecule has 0 aliphatic carbocycles. The molecule has 0 N–H and O–H groups in total. The van der Waals surface area contributed by atoms with Crippen LogP contribution in [-0.4, -0.2) is 43.5 Å². The maximum atomic E-state index is 13.5. The van der Waals surface area contributed by atoms with Gasteiger partial charge in [-0.25, -0.2) is 4.39 Å². The van der Waals surface area contributed by atoms with Crippen LogP contribution >= 0.6 is 0 Å². The first-order valence-electron chi connectivity index (χ1n) is 6.74. The average molecular weight is 265 g/mol. The lowest BCUT2D eigenvalue weighted by Crippen LogP contribution is -2.37. The van der Waals surface area contributed by atoms with Crippen molar-refractivity contribution in [2.75, 3.05) is 26.8 Å². The van der Waals surface area contributed by atoms with Crippen LogP contribution < -0.4 is 0 Å². The van der Waals surface area contributed by atoms with Crippen LogP contribution in [0.5, 0.6) is 0 Å². The molecule has 1 aromatic carbocycles. The lowest BCUT2D eigenvalue weighted by atomic mass is 10.1. The fourth-order valence-electron chi connectivity index (χ4n) is 2.41. The summed E-state index contributed by atoms with van der Waals surface area (Å²) < 4.78 is 18.8. The topological polar surface area (TPSA) is 29.5 Å². The first-order valence-corrected chi connectivity index (χ1v) is 6.74. The van der Waals surface area contributed by atoms with E-state index in [4.69, 9.17) is 4.74 Å². The maximum Gasteiger partial charge on any atom is 0.167 e. The van der Waals surface area contributed by atoms with E-state index >= 15 is 0 Å². The second kappa shape index (κ2) is 6.78. The summed E-state index contributed by atoms with van der Waals surface area (Å²) >= 11 is 0. The van der Waals surface area contributed by atoms with Crippen LogP contribution in [0.4, 0.5) is 4.39 Å². The molecule has 1 fully saturated rings. The largest absolute Gasteiger partial charge is 0.381 e. The zero-order valence-corrected chi connectivity index (χ0v) is 11.3. The molecule has 4 heteroatoms. The summed E-state index contributed by atoms with van der Waals surface area (Å²) in [6, 6.07) is 6.64. The van der Waals surface area contributed by atoms with Crippen LogP contribution in [0.2, 0.25) is 0 Å². The van der Waals surface area contributed by atoms with E-state index in [-0.39, 0.29) is 11.3 Å². The molecule has 0 bridgehead atoms. The molecule has 0 amide bonds. The van der Waals surface area contributed by atoms with Crippen molar-refractivity contribution in [2.45, 2.75) is 25.3 Å². The summed E-state index contributed by atoms with van der Waals surface area (Å²) in [5.74, 6) is -0.557. The number of hydrogen-bond acceptors (Lipinski definition) is 3. The molecule has 1 aliphatic heterocycles. The van der Waals surface area contributed by atoms with Crippen molar-refractivity contribution in [3.63, 3.8) is 0 Å². The van der Waals surface area contributed by atoms with Crippen LogP contribution in [-0.2, 0) is 4.74 Å². The highest BCUT2D eigenvalue weighted by Gasteiger charge is 2.19. The lowest BCUT2D eigenvalue weighted by Gasteiger charge is -2.30. The van der Waals surface area contributed by atoms with Crippen molar-refractivity contribution in [3.8, 4) is 0 Å². The number of carbonyl (C=O) groups is 1. The van der Waals surface area contributed by atoms with Gasteiger partial charge < -0.3 is 9.64 Å². The van der Waals surface area contributed by atoms with Gasteiger partial charge in [-0.05, 0) is 32.0 Å². The number of hydrogen-bond donors (Lipinski definition) is 0. The Balaban J connectivity index is 1.84. The molecular weight excluding hydrogens is 245 g/mol. The minimum atomic E-state index is -0.429. The van der Waals surface area contributed by atoms with Gasteiger partial charge in [0.2, 0.25) is 0 Å². The molecule has 0 aromatic heterocycles. The Morgan fingerprint density at radius 2 is 2.05 bits per heavy atom. The van der Waals surface area contributed by atoms with Crippen LogP contribution in [0.25, 0.3) is 0 Å². The molecule has 0 atom stereocenters. The molecule has 0 spiro atoms. The molecule has 1 aromatic rings. The standard InChI is InChI=1S/C15H20FNO2/c1-17(12-7-10-19-11-8-12)9-6-15(18)13-4-2-3-5-14(13)16/h2-5,12H,6-11H2,1H3. The van der Waals surface area contributed by atoms with Crippen molar-refractivity contribution in [3.05, 3.63) is 35.6 Å². The molecule has 3 nitrogen and oxygen atoms in total. The maximum absolute atomic E-state index is 13.5. The summed E-state index contributed by atoms with van der Waals surface area (Å²) in [5.41, 5.74) is 0.197. The number of ether oxygens (including phenoxy) is 1. The van der Waals surface area contributed by atoms with Crippen molar-refractivity contribution in [1.82, 2.24) is 4.90 Å². The fraction of sp³-hybridized carbons (Fsp3) is 0.533. The van der Waals surface area contributed by atoms with Crippen LogP contribution in [0.3, 0.4) is 0 Å². The SMILES string of the molecule is CN(CCC(=O)c1ccccc1F)C1CCOCC1. The zero-order chi connectivity index (χ0) is 13.7. The Kier molecular flexibility index (Phi) is 5.05. The minimum absolute atomic E-state index is 0.128. The van der Waals surface area contributed by atoms with E-state index in [0.29, 0.717) is 19.0 Å². The number of benzene rings is 1. The molecular formula is C15H20FNO2. The summed E-state index contributed by atoms with van der Waals surface area (Å²) in [6.45, 7) is 2.24. The molecule has 19 heavy (non-hydrogen) atoms. The Morgan fingerprint density at radius 1 is 1.37 bits per heavy atom. The van der Waals surface area contributed by atoms with Gasteiger partial charge in [-0.3, -0.25) is 4.79 Å². The van der Waals surface area contributed by atoms with Gasteiger partial charge in [0.25, 0.3) is 0 Å². The molecule has 0 unspecified atom stereocenters. The van der Waals surface area contributed by atoms with Gasteiger partial charge in [0.15, 0.2) is 5.78 Å². The van der Waals surface area contributed by atoms with Gasteiger partial charge in [0.1, 0.15) is 5.82 Å². The smallest absolute Gasteiger partial charge is 0.167 e. The molecule has 1 heterocycles. The molecule has 1 aliphatic rings. The minimum Gasteiger partial charge on any atom is -0.381 e. The van der Waals surface area contributed by atoms with E-state index < -0.39 is 5.82 Å². The summed E-state index contributed by atoms with van der Waals surface area (Å²) in [4.78, 5) is 14.1. The van der Waals surface area contributed by atoms with Crippen LogP contribution in [0, 0.1) is 5.82 Å². The highest BCUT2D eigenvalue weighted by Crippen LogP contribution is 2.14. The Morgan fingerprint density at radius 3 is 2.74 bits per heavy atom. The Bertz CT molecular complexity index is 430. The lowest BCUT2D eigenvalue weighted by molar-refractivity contribution is 0.0425. The van der Waals surface area contributed by atoms with Gasteiger partial charge in [0, 0.05) is 32.2 Å². The van der Waals surface area contributed by atoms with E-state index in [1.165, 1.54) is 6.07 Å². The number of carbonyl (C=O) groups excluding carboxylic acids is 1. The quantitative estimate of drug-likeness (QED) is 0.766.